The Balaban J connectivity index is 2.19. The molecule has 0 unspecified atom stereocenters. The van der Waals surface area contributed by atoms with Gasteiger partial charge in [0.1, 0.15) is 6.67 Å². The van der Waals surface area contributed by atoms with Crippen LogP contribution in [0.25, 0.3) is 5.82 Å². The van der Waals surface area contributed by atoms with Crippen molar-refractivity contribution in [2.24, 2.45) is 15.2 Å². The molecule has 0 aliphatic carbocycles. The number of anilines is 1. The van der Waals surface area contributed by atoms with E-state index in [0.717, 1.165) is 27.8 Å². The molecule has 2 aromatic carbocycles. The van der Waals surface area contributed by atoms with E-state index in [2.05, 4.69) is 21.2 Å². The normalized spacial score (nSPS) is 15.6. The van der Waals surface area contributed by atoms with Gasteiger partial charge in [0.25, 0.3) is 0 Å². The van der Waals surface area contributed by atoms with Crippen LogP contribution in [0.2, 0.25) is 0 Å². The van der Waals surface area contributed by atoms with Gasteiger partial charge < -0.3 is 4.90 Å². The number of rotatable bonds is 0. The summed E-state index contributed by atoms with van der Waals surface area (Å²) >= 11 is 0. The van der Waals surface area contributed by atoms with Gasteiger partial charge in [-0.1, -0.05) is 24.3 Å². The molecule has 2 aliphatic heterocycles. The van der Waals surface area contributed by atoms with Crippen LogP contribution >= 0.6 is 0 Å². The molecule has 0 saturated heterocycles. The van der Waals surface area contributed by atoms with Gasteiger partial charge in [0, 0.05) is 5.22 Å². The fourth-order valence-electron chi connectivity index (χ4n) is 2.35. The number of para-hydroxylation sites is 3. The summed E-state index contributed by atoms with van der Waals surface area (Å²) in [6.07, 6.45) is 0. The molecule has 2 aliphatic rings. The predicted molar refractivity (Wildman–Crippen MR) is 68.9 cm³/mol. The number of fused-ring (bicyclic) bond motifs is 4. The maximum absolute atomic E-state index is 4.72. The van der Waals surface area contributed by atoms with Gasteiger partial charge >= 0.3 is 0 Å². The summed E-state index contributed by atoms with van der Waals surface area (Å²) in [7, 11) is 0. The number of nitrogens with zero attached hydrogens (tertiary/aromatic N) is 4. The van der Waals surface area contributed by atoms with Crippen molar-refractivity contribution in [2.75, 3.05) is 11.6 Å². The third-order valence-corrected chi connectivity index (χ3v) is 3.18. The molecule has 0 aromatic heterocycles. The zero-order valence-corrected chi connectivity index (χ0v) is 9.61. The summed E-state index contributed by atoms with van der Waals surface area (Å²) in [5.74, 6) is 0.888. The molecule has 0 saturated carbocycles. The van der Waals surface area contributed by atoms with Crippen LogP contribution in [0.3, 0.4) is 0 Å². The van der Waals surface area contributed by atoms with Crippen LogP contribution in [-0.4, -0.2) is 6.67 Å². The van der Waals surface area contributed by atoms with Crippen LogP contribution < -0.4 is 15.5 Å². The van der Waals surface area contributed by atoms with Crippen LogP contribution in [0, 0.1) is 0 Å². The molecule has 0 fully saturated rings. The van der Waals surface area contributed by atoms with Gasteiger partial charge in [-0.3, -0.25) is 0 Å². The van der Waals surface area contributed by atoms with E-state index in [-0.39, 0.29) is 0 Å². The van der Waals surface area contributed by atoms with Crippen molar-refractivity contribution in [1.29, 1.82) is 0 Å². The molecule has 4 nitrogen and oxygen atoms in total. The predicted octanol–water partition coefficient (Wildman–Crippen LogP) is 1.95. The summed E-state index contributed by atoms with van der Waals surface area (Å²) in [5, 5.41) is 10.4. The van der Waals surface area contributed by atoms with E-state index < -0.39 is 0 Å². The summed E-state index contributed by atoms with van der Waals surface area (Å²) in [4.78, 5) is 6.82. The minimum absolute atomic E-state index is 0.566. The Morgan fingerprint density at radius 3 is 2.78 bits per heavy atom. The average molecular weight is 234 g/mol. The molecule has 18 heavy (non-hydrogen) atoms. The molecule has 4 rings (SSSR count). The highest BCUT2D eigenvalue weighted by molar-refractivity contribution is 5.78. The van der Waals surface area contributed by atoms with Crippen LogP contribution in [0.4, 0.5) is 11.4 Å². The highest BCUT2D eigenvalue weighted by Gasteiger charge is 2.22. The Hall–Kier alpha value is -2.49. The lowest BCUT2D eigenvalue weighted by molar-refractivity contribution is 1.02. The Morgan fingerprint density at radius 2 is 1.78 bits per heavy atom. The maximum atomic E-state index is 4.72. The molecular weight excluding hydrogens is 224 g/mol. The number of hydrogen-bond acceptors (Lipinski definition) is 4. The summed E-state index contributed by atoms with van der Waals surface area (Å²) < 4.78 is 0. The Morgan fingerprint density at radius 1 is 0.944 bits per heavy atom. The highest BCUT2D eigenvalue weighted by Crippen LogP contribution is 2.33. The fourth-order valence-corrected chi connectivity index (χ4v) is 2.35. The van der Waals surface area contributed by atoms with Gasteiger partial charge in [0.05, 0.1) is 16.7 Å². The van der Waals surface area contributed by atoms with Crippen LogP contribution in [0.15, 0.2) is 63.8 Å². The molecule has 4 heteroatoms. The molecule has 0 bridgehead atoms. The zero-order chi connectivity index (χ0) is 11.9. The topological polar surface area (TPSA) is 40.3 Å². The van der Waals surface area contributed by atoms with Crippen molar-refractivity contribution in [2.45, 2.75) is 0 Å². The second kappa shape index (κ2) is 3.50. The Labute approximate surface area is 104 Å². The van der Waals surface area contributed by atoms with Crippen molar-refractivity contribution < 1.29 is 0 Å². The summed E-state index contributed by atoms with van der Waals surface area (Å²) in [6, 6.07) is 16.1. The van der Waals surface area contributed by atoms with Gasteiger partial charge in [-0.05, 0) is 24.3 Å². The molecule has 0 spiro atoms. The molecule has 0 amide bonds. The molecule has 0 N–H and O–H groups in total. The molecule has 0 radical (unpaired) electrons. The largest absolute Gasteiger partial charge is 0.300 e. The summed E-state index contributed by atoms with van der Waals surface area (Å²) in [5.41, 5.74) is 2.03. The first-order chi connectivity index (χ1) is 8.93. The van der Waals surface area contributed by atoms with Gasteiger partial charge in [0.15, 0.2) is 5.82 Å². The lowest BCUT2D eigenvalue weighted by Gasteiger charge is -2.16. The first-order valence-corrected chi connectivity index (χ1v) is 5.86. The SMILES string of the molecule is c1ccc2c(c1)N=c1ccccc1=C1N=NCN12. The third-order valence-electron chi connectivity index (χ3n) is 3.18. The van der Waals surface area contributed by atoms with Gasteiger partial charge in [0.2, 0.25) is 0 Å². The molecule has 2 heterocycles. The van der Waals surface area contributed by atoms with Gasteiger partial charge in [-0.15, -0.1) is 5.11 Å². The minimum Gasteiger partial charge on any atom is -0.300 e. The minimum atomic E-state index is 0.566. The standard InChI is InChI=1S/C14H10N4/c1-2-6-11-10(5-1)14-17-15-9-18(14)13-8-4-3-7-12(13)16-11/h1-8H,9H2. The first kappa shape index (κ1) is 9.53. The second-order valence-electron chi connectivity index (χ2n) is 4.25. The molecule has 86 valence electrons. The fraction of sp³-hybridized carbons (Fsp3) is 0.0714. The average Bonchev–Trinajstić information content (AvgIpc) is 2.84. The van der Waals surface area contributed by atoms with Crippen molar-refractivity contribution in [3.63, 3.8) is 0 Å². The molecular formula is C14H10N4. The number of benzene rings is 2. The Bertz CT molecular complexity index is 776. The number of azo groups is 1. The van der Waals surface area contributed by atoms with E-state index in [0.29, 0.717) is 6.67 Å². The second-order valence-corrected chi connectivity index (χ2v) is 4.25. The van der Waals surface area contributed by atoms with Crippen LogP contribution in [-0.2, 0) is 0 Å². The van der Waals surface area contributed by atoms with E-state index in [9.17, 15) is 0 Å². The van der Waals surface area contributed by atoms with Gasteiger partial charge in [-0.25, -0.2) is 4.99 Å². The van der Waals surface area contributed by atoms with E-state index >= 15 is 0 Å². The molecule has 2 aromatic rings. The quantitative estimate of drug-likeness (QED) is 0.686. The monoisotopic (exact) mass is 234 g/mol. The summed E-state index contributed by atoms with van der Waals surface area (Å²) in [6.45, 7) is 0.566. The van der Waals surface area contributed by atoms with E-state index in [1.54, 1.807) is 0 Å². The van der Waals surface area contributed by atoms with E-state index in [1.165, 1.54) is 0 Å². The van der Waals surface area contributed by atoms with Crippen molar-refractivity contribution in [1.82, 2.24) is 0 Å². The lowest BCUT2D eigenvalue weighted by Crippen LogP contribution is -2.30. The highest BCUT2D eigenvalue weighted by atomic mass is 15.4. The smallest absolute Gasteiger partial charge is 0.166 e. The van der Waals surface area contributed by atoms with Crippen molar-refractivity contribution in [3.05, 3.63) is 59.1 Å². The van der Waals surface area contributed by atoms with Crippen molar-refractivity contribution >= 4 is 17.2 Å². The van der Waals surface area contributed by atoms with Gasteiger partial charge in [-0.2, -0.15) is 5.11 Å². The van der Waals surface area contributed by atoms with E-state index in [4.69, 9.17) is 4.99 Å². The van der Waals surface area contributed by atoms with E-state index in [1.807, 2.05) is 42.5 Å². The first-order valence-electron chi connectivity index (χ1n) is 5.86. The molecule has 0 atom stereocenters. The van der Waals surface area contributed by atoms with Crippen LogP contribution in [0.1, 0.15) is 0 Å². The maximum Gasteiger partial charge on any atom is 0.166 e. The van der Waals surface area contributed by atoms with Crippen LogP contribution in [0.5, 0.6) is 0 Å². The van der Waals surface area contributed by atoms with Crippen molar-refractivity contribution in [3.8, 4) is 0 Å². The third kappa shape index (κ3) is 1.23. The Kier molecular flexibility index (Phi) is 1.85. The zero-order valence-electron chi connectivity index (χ0n) is 9.61. The number of hydrogen-bond donors (Lipinski definition) is 0. The lowest BCUT2D eigenvalue weighted by atomic mass is 10.2.